The lowest BCUT2D eigenvalue weighted by Crippen LogP contribution is -2.28. The molecule has 1 unspecified atom stereocenters. The fourth-order valence-electron chi connectivity index (χ4n) is 2.66. The lowest BCUT2D eigenvalue weighted by atomic mass is 10.1. The van der Waals surface area contributed by atoms with Crippen LogP contribution in [0.4, 0.5) is 11.4 Å². The number of para-hydroxylation sites is 2. The van der Waals surface area contributed by atoms with Crippen molar-refractivity contribution in [1.82, 2.24) is 5.32 Å². The van der Waals surface area contributed by atoms with Crippen LogP contribution in [0.1, 0.15) is 24.9 Å². The molecule has 0 bridgehead atoms. The first-order chi connectivity index (χ1) is 13.0. The molecule has 0 saturated heterocycles. The Morgan fingerprint density at radius 3 is 2.59 bits per heavy atom. The van der Waals surface area contributed by atoms with Crippen molar-refractivity contribution in [3.8, 4) is 11.5 Å². The number of hydrogen-bond acceptors (Lipinski definition) is 6. The van der Waals surface area contributed by atoms with Gasteiger partial charge in [0.15, 0.2) is 0 Å². The molecule has 2 rings (SSSR count). The van der Waals surface area contributed by atoms with E-state index < -0.39 is 4.92 Å². The summed E-state index contributed by atoms with van der Waals surface area (Å²) in [6.07, 6.45) is 0.169. The summed E-state index contributed by atoms with van der Waals surface area (Å²) in [6, 6.07) is 11.4. The first-order valence-corrected chi connectivity index (χ1v) is 8.44. The zero-order valence-corrected chi connectivity index (χ0v) is 15.5. The van der Waals surface area contributed by atoms with Gasteiger partial charge in [0.25, 0.3) is 5.69 Å². The number of ether oxygens (including phenoxy) is 2. The molecular weight excluding hydrogens is 350 g/mol. The van der Waals surface area contributed by atoms with Gasteiger partial charge in [0.1, 0.15) is 17.2 Å². The molecular formula is C19H23N3O5. The fourth-order valence-corrected chi connectivity index (χ4v) is 2.66. The highest BCUT2D eigenvalue weighted by Crippen LogP contribution is 2.29. The number of nitro groups is 1. The van der Waals surface area contributed by atoms with E-state index in [0.29, 0.717) is 17.2 Å². The molecule has 27 heavy (non-hydrogen) atoms. The van der Waals surface area contributed by atoms with Gasteiger partial charge in [-0.1, -0.05) is 12.1 Å². The Balaban J connectivity index is 1.94. The van der Waals surface area contributed by atoms with E-state index in [4.69, 9.17) is 9.47 Å². The number of carbonyl (C=O) groups excluding carboxylic acids is 1. The average Bonchev–Trinajstić information content (AvgIpc) is 2.67. The molecule has 1 amide bonds. The van der Waals surface area contributed by atoms with E-state index in [9.17, 15) is 14.9 Å². The number of carbonyl (C=O) groups is 1. The molecule has 8 heteroatoms. The molecule has 0 fully saturated rings. The van der Waals surface area contributed by atoms with Crippen LogP contribution < -0.4 is 20.1 Å². The van der Waals surface area contributed by atoms with Gasteiger partial charge in [0.2, 0.25) is 5.91 Å². The molecule has 0 aliphatic carbocycles. The summed E-state index contributed by atoms with van der Waals surface area (Å²) >= 11 is 0. The van der Waals surface area contributed by atoms with Gasteiger partial charge in [-0.3, -0.25) is 14.9 Å². The van der Waals surface area contributed by atoms with Crippen molar-refractivity contribution >= 4 is 17.3 Å². The minimum atomic E-state index is -0.459. The van der Waals surface area contributed by atoms with E-state index in [1.165, 1.54) is 6.07 Å². The number of benzene rings is 2. The summed E-state index contributed by atoms with van der Waals surface area (Å²) in [7, 11) is 3.14. The van der Waals surface area contributed by atoms with Gasteiger partial charge in [-0.2, -0.15) is 0 Å². The number of nitro benzene ring substituents is 1. The number of nitrogens with zero attached hydrogens (tertiary/aromatic N) is 1. The first kappa shape index (κ1) is 20.0. The normalized spacial score (nSPS) is 11.4. The molecule has 2 N–H and O–H groups in total. The summed E-state index contributed by atoms with van der Waals surface area (Å²) < 4.78 is 10.6. The maximum absolute atomic E-state index is 12.2. The Hall–Kier alpha value is -3.29. The Kier molecular flexibility index (Phi) is 6.99. The maximum atomic E-state index is 12.2. The average molecular weight is 373 g/mol. The molecule has 2 aromatic rings. The van der Waals surface area contributed by atoms with Gasteiger partial charge in [0, 0.05) is 24.6 Å². The summed E-state index contributed by atoms with van der Waals surface area (Å²) in [5.74, 6) is 1.14. The van der Waals surface area contributed by atoms with Gasteiger partial charge in [-0.25, -0.2) is 0 Å². The van der Waals surface area contributed by atoms with Crippen molar-refractivity contribution < 1.29 is 19.2 Å². The van der Waals surface area contributed by atoms with Crippen molar-refractivity contribution in [3.63, 3.8) is 0 Å². The highest BCUT2D eigenvalue weighted by Gasteiger charge is 2.16. The van der Waals surface area contributed by atoms with Crippen LogP contribution in [0.5, 0.6) is 11.5 Å². The quantitative estimate of drug-likeness (QED) is 0.516. The van der Waals surface area contributed by atoms with E-state index in [1.54, 1.807) is 44.6 Å². The highest BCUT2D eigenvalue weighted by molar-refractivity contribution is 5.77. The summed E-state index contributed by atoms with van der Waals surface area (Å²) in [5.41, 5.74) is 1.17. The first-order valence-electron chi connectivity index (χ1n) is 8.44. The van der Waals surface area contributed by atoms with E-state index in [-0.39, 0.29) is 30.6 Å². The molecule has 8 nitrogen and oxygen atoms in total. The van der Waals surface area contributed by atoms with Crippen LogP contribution in [-0.4, -0.2) is 31.6 Å². The van der Waals surface area contributed by atoms with Crippen LogP contribution in [0.15, 0.2) is 42.5 Å². The Morgan fingerprint density at radius 2 is 1.93 bits per heavy atom. The summed E-state index contributed by atoms with van der Waals surface area (Å²) in [6.45, 7) is 2.13. The number of methoxy groups -OCH3 is 2. The van der Waals surface area contributed by atoms with E-state index in [1.807, 2.05) is 13.0 Å². The molecule has 0 aliphatic rings. The third kappa shape index (κ3) is 5.34. The van der Waals surface area contributed by atoms with Gasteiger partial charge < -0.3 is 20.1 Å². The van der Waals surface area contributed by atoms with Gasteiger partial charge >= 0.3 is 0 Å². The molecule has 0 radical (unpaired) electrons. The van der Waals surface area contributed by atoms with Crippen molar-refractivity contribution in [1.29, 1.82) is 0 Å². The largest absolute Gasteiger partial charge is 0.497 e. The zero-order valence-electron chi connectivity index (χ0n) is 15.5. The van der Waals surface area contributed by atoms with E-state index >= 15 is 0 Å². The lowest BCUT2D eigenvalue weighted by molar-refractivity contribution is -0.384. The van der Waals surface area contributed by atoms with E-state index in [2.05, 4.69) is 10.6 Å². The van der Waals surface area contributed by atoms with Crippen molar-refractivity contribution in [2.45, 2.75) is 19.4 Å². The van der Waals surface area contributed by atoms with Gasteiger partial charge in [0.05, 0.1) is 25.2 Å². The second-order valence-electron chi connectivity index (χ2n) is 5.85. The molecule has 0 aliphatic heterocycles. The van der Waals surface area contributed by atoms with Crippen LogP contribution in [0.25, 0.3) is 0 Å². The Labute approximate surface area is 157 Å². The molecule has 144 valence electrons. The lowest BCUT2D eigenvalue weighted by Gasteiger charge is -2.18. The monoisotopic (exact) mass is 373 g/mol. The number of rotatable bonds is 9. The molecule has 2 aromatic carbocycles. The third-order valence-corrected chi connectivity index (χ3v) is 4.05. The van der Waals surface area contributed by atoms with Crippen LogP contribution in [0, 0.1) is 10.1 Å². The summed E-state index contributed by atoms with van der Waals surface area (Å²) in [5, 5.41) is 16.8. The van der Waals surface area contributed by atoms with Gasteiger partial charge in [-0.15, -0.1) is 0 Å². The second-order valence-corrected chi connectivity index (χ2v) is 5.85. The topological polar surface area (TPSA) is 103 Å². The van der Waals surface area contributed by atoms with Crippen LogP contribution in [-0.2, 0) is 4.79 Å². The zero-order chi connectivity index (χ0) is 19.8. The number of amides is 1. The minimum absolute atomic E-state index is 0.0209. The molecule has 0 saturated carbocycles. The maximum Gasteiger partial charge on any atom is 0.292 e. The van der Waals surface area contributed by atoms with Crippen LogP contribution >= 0.6 is 0 Å². The third-order valence-electron chi connectivity index (χ3n) is 4.05. The van der Waals surface area contributed by atoms with Crippen molar-refractivity contribution in [2.24, 2.45) is 0 Å². The molecule has 1 atom stereocenters. The summed E-state index contributed by atoms with van der Waals surface area (Å²) in [4.78, 5) is 22.8. The molecule has 0 heterocycles. The van der Waals surface area contributed by atoms with Crippen molar-refractivity contribution in [3.05, 3.63) is 58.1 Å². The highest BCUT2D eigenvalue weighted by atomic mass is 16.6. The second kappa shape index (κ2) is 9.42. The van der Waals surface area contributed by atoms with Gasteiger partial charge in [-0.05, 0) is 31.2 Å². The SMILES string of the molecule is COc1ccc(OC)c(C(C)NC(=O)CCNc2ccccc2[N+](=O)[O-])c1. The smallest absolute Gasteiger partial charge is 0.292 e. The predicted molar refractivity (Wildman–Crippen MR) is 102 cm³/mol. The number of anilines is 1. The Bertz CT molecular complexity index is 810. The number of nitrogens with one attached hydrogen (secondary N) is 2. The molecule has 0 aromatic heterocycles. The van der Waals surface area contributed by atoms with Crippen molar-refractivity contribution in [2.75, 3.05) is 26.1 Å². The standard InChI is InChI=1S/C19H23N3O5/c1-13(15-12-14(26-2)8-9-18(15)27-3)21-19(23)10-11-20-16-6-4-5-7-17(16)22(24)25/h4-9,12-13,20H,10-11H2,1-3H3,(H,21,23). The number of hydrogen-bond donors (Lipinski definition) is 2. The Morgan fingerprint density at radius 1 is 1.19 bits per heavy atom. The fraction of sp³-hybridized carbons (Fsp3) is 0.316. The molecule has 0 spiro atoms. The van der Waals surface area contributed by atoms with Crippen LogP contribution in [0.3, 0.4) is 0 Å². The van der Waals surface area contributed by atoms with Crippen LogP contribution in [0.2, 0.25) is 0 Å². The predicted octanol–water partition coefficient (Wildman–Crippen LogP) is 3.29. The van der Waals surface area contributed by atoms with E-state index in [0.717, 1.165) is 5.56 Å². The minimum Gasteiger partial charge on any atom is -0.497 e.